The third-order valence-corrected chi connectivity index (χ3v) is 12.2. The summed E-state index contributed by atoms with van der Waals surface area (Å²) in [6.07, 6.45) is 3.12. The molecular weight excluding hydrogens is 640 g/mol. The highest BCUT2D eigenvalue weighted by atomic mass is 16.5. The molecule has 7 heteroatoms. The van der Waals surface area contributed by atoms with Gasteiger partial charge in [-0.05, 0) is 132 Å². The van der Waals surface area contributed by atoms with Gasteiger partial charge in [-0.1, -0.05) is 57.2 Å². The number of rotatable bonds is 10. The zero-order valence-corrected chi connectivity index (χ0v) is 30.7. The van der Waals surface area contributed by atoms with Crippen molar-refractivity contribution in [2.75, 3.05) is 14.2 Å². The Kier molecular flexibility index (Phi) is 9.09. The number of phenolic OH excluding ortho intramolecular Hbond substituents is 3. The van der Waals surface area contributed by atoms with Crippen LogP contribution < -0.4 is 9.47 Å². The van der Waals surface area contributed by atoms with Gasteiger partial charge in [-0.15, -0.1) is 0 Å². The molecule has 2 aliphatic heterocycles. The molecule has 4 aromatic rings. The quantitative estimate of drug-likeness (QED) is 0.143. The lowest BCUT2D eigenvalue weighted by atomic mass is 9.63. The average molecular weight is 691 g/mol. The van der Waals surface area contributed by atoms with Crippen LogP contribution in [0.15, 0.2) is 83.9 Å². The molecule has 4 aromatic carbocycles. The molecule has 51 heavy (non-hydrogen) atoms. The van der Waals surface area contributed by atoms with E-state index in [0.29, 0.717) is 17.9 Å². The Bertz CT molecular complexity index is 1990. The van der Waals surface area contributed by atoms with Crippen LogP contribution in [0.2, 0.25) is 0 Å². The molecule has 0 amide bonds. The van der Waals surface area contributed by atoms with E-state index in [1.165, 1.54) is 22.3 Å². The minimum absolute atomic E-state index is 0.0867. The lowest BCUT2D eigenvalue weighted by Crippen LogP contribution is -2.32. The largest absolute Gasteiger partial charge is 0.508 e. The van der Waals surface area contributed by atoms with Crippen molar-refractivity contribution in [3.8, 4) is 28.7 Å². The van der Waals surface area contributed by atoms with Crippen molar-refractivity contribution >= 4 is 0 Å². The Hall–Kier alpha value is -4.46. The fraction of sp³-hybridized carbons (Fsp3) is 0.409. The van der Waals surface area contributed by atoms with Crippen molar-refractivity contribution in [1.29, 1.82) is 0 Å². The number of hydrogen-bond acceptors (Lipinski definition) is 7. The van der Waals surface area contributed by atoms with Gasteiger partial charge in [0.05, 0.1) is 26.4 Å². The first-order valence-corrected chi connectivity index (χ1v) is 18.1. The van der Waals surface area contributed by atoms with Crippen molar-refractivity contribution in [2.24, 2.45) is 10.8 Å². The maximum Gasteiger partial charge on any atom is 0.160 e. The summed E-state index contributed by atoms with van der Waals surface area (Å²) < 4.78 is 25.5. The lowest BCUT2D eigenvalue weighted by Gasteiger charge is -2.38. The van der Waals surface area contributed by atoms with Crippen LogP contribution in [-0.2, 0) is 15.9 Å². The molecule has 3 aliphatic rings. The smallest absolute Gasteiger partial charge is 0.160 e. The second-order valence-electron chi connectivity index (χ2n) is 14.9. The summed E-state index contributed by atoms with van der Waals surface area (Å²) in [4.78, 5) is 0. The van der Waals surface area contributed by atoms with Crippen molar-refractivity contribution in [1.82, 2.24) is 0 Å². The second kappa shape index (κ2) is 13.3. The molecule has 0 radical (unpaired) electrons. The summed E-state index contributed by atoms with van der Waals surface area (Å²) in [5.74, 6) is 1.33. The Morgan fingerprint density at radius 3 is 1.76 bits per heavy atom. The van der Waals surface area contributed by atoms with E-state index in [2.05, 4.69) is 58.9 Å². The Morgan fingerprint density at radius 1 is 0.627 bits per heavy atom. The molecule has 0 aromatic heterocycles. The van der Waals surface area contributed by atoms with Crippen molar-refractivity contribution in [2.45, 2.75) is 91.1 Å². The fourth-order valence-corrected chi connectivity index (χ4v) is 8.96. The molecular formula is C44H50O7. The minimum atomic E-state index is -0.350. The number of benzene rings is 4. The molecule has 1 saturated heterocycles. The first-order chi connectivity index (χ1) is 24.5. The highest BCUT2D eigenvalue weighted by molar-refractivity contribution is 5.49. The van der Waals surface area contributed by atoms with Gasteiger partial charge in [0.2, 0.25) is 0 Å². The normalized spacial score (nSPS) is 25.1. The van der Waals surface area contributed by atoms with E-state index in [4.69, 9.17) is 18.9 Å². The predicted molar refractivity (Wildman–Crippen MR) is 198 cm³/mol. The van der Waals surface area contributed by atoms with Gasteiger partial charge in [-0.25, -0.2) is 0 Å². The first-order valence-electron chi connectivity index (χ1n) is 18.1. The van der Waals surface area contributed by atoms with Gasteiger partial charge in [0.15, 0.2) is 23.0 Å². The number of aromatic hydroxyl groups is 3. The van der Waals surface area contributed by atoms with Crippen molar-refractivity contribution < 1.29 is 34.3 Å². The summed E-state index contributed by atoms with van der Waals surface area (Å²) in [6.45, 7) is 10.9. The Morgan fingerprint density at radius 2 is 1.18 bits per heavy atom. The second-order valence-corrected chi connectivity index (χ2v) is 14.9. The van der Waals surface area contributed by atoms with Crippen LogP contribution in [-0.4, -0.2) is 29.5 Å². The standard InChI is InChI=1S/C44H50O7/c1-8-27-21-28(12-15-34(27)45)40-33(32(9-2)39(50-40)29-13-16-35(46)37(22-29)48-6)24-43(5)41(30-11-10-25(3)26(4)20-30)51-42(44(43)18-19-44)31-14-17-36(47)38(23-31)49-7/h10-17,20-23,39-42,45-47H,8-9,18-19,24H2,1-7H3. The van der Waals surface area contributed by atoms with Gasteiger partial charge in [-0.3, -0.25) is 0 Å². The number of aryl methyl sites for hydroxylation is 3. The molecule has 1 saturated carbocycles. The lowest BCUT2D eigenvalue weighted by molar-refractivity contribution is 0.00941. The van der Waals surface area contributed by atoms with Crippen LogP contribution in [0.3, 0.4) is 0 Å². The molecule has 7 rings (SSSR count). The maximum atomic E-state index is 10.7. The molecule has 1 aliphatic carbocycles. The van der Waals surface area contributed by atoms with Crippen LogP contribution in [0.25, 0.3) is 0 Å². The molecule has 3 N–H and O–H groups in total. The summed E-state index contributed by atoms with van der Waals surface area (Å²) in [5.41, 5.74) is 9.38. The topological polar surface area (TPSA) is 97.6 Å². The number of phenols is 3. The molecule has 7 nitrogen and oxygen atoms in total. The molecule has 5 atom stereocenters. The molecule has 2 fully saturated rings. The van der Waals surface area contributed by atoms with Crippen LogP contribution in [0.5, 0.6) is 28.7 Å². The molecule has 268 valence electrons. The monoisotopic (exact) mass is 690 g/mol. The van der Waals surface area contributed by atoms with Crippen LogP contribution >= 0.6 is 0 Å². The van der Waals surface area contributed by atoms with Crippen LogP contribution in [0.1, 0.15) is 110 Å². The van der Waals surface area contributed by atoms with Gasteiger partial charge in [0.25, 0.3) is 0 Å². The fourth-order valence-electron chi connectivity index (χ4n) is 8.96. The van der Waals surface area contributed by atoms with Gasteiger partial charge >= 0.3 is 0 Å². The summed E-state index contributed by atoms with van der Waals surface area (Å²) >= 11 is 0. The minimum Gasteiger partial charge on any atom is -0.508 e. The van der Waals surface area contributed by atoms with E-state index in [-0.39, 0.29) is 52.5 Å². The van der Waals surface area contributed by atoms with E-state index in [0.717, 1.165) is 53.5 Å². The van der Waals surface area contributed by atoms with E-state index >= 15 is 0 Å². The van der Waals surface area contributed by atoms with E-state index in [1.54, 1.807) is 32.4 Å². The van der Waals surface area contributed by atoms with Gasteiger partial charge in [0, 0.05) is 10.8 Å². The highest BCUT2D eigenvalue weighted by Crippen LogP contribution is 2.78. The third-order valence-electron chi connectivity index (χ3n) is 12.2. The molecule has 0 bridgehead atoms. The van der Waals surface area contributed by atoms with E-state index in [9.17, 15) is 15.3 Å². The first kappa shape index (κ1) is 35.0. The molecule has 1 spiro atoms. The Balaban J connectivity index is 1.40. The summed E-state index contributed by atoms with van der Waals surface area (Å²) in [7, 11) is 3.14. The third kappa shape index (κ3) is 5.75. The van der Waals surface area contributed by atoms with Gasteiger partial charge in [0.1, 0.15) is 18.0 Å². The predicted octanol–water partition coefficient (Wildman–Crippen LogP) is 10.2. The zero-order chi connectivity index (χ0) is 36.2. The number of ether oxygens (including phenoxy) is 4. The summed E-state index contributed by atoms with van der Waals surface area (Å²) in [5, 5.41) is 31.6. The average Bonchev–Trinajstić information content (AvgIpc) is 3.81. The van der Waals surface area contributed by atoms with Crippen LogP contribution in [0, 0.1) is 24.7 Å². The summed E-state index contributed by atoms with van der Waals surface area (Å²) in [6, 6.07) is 23.6. The maximum absolute atomic E-state index is 10.7. The SMILES string of the molecule is CCC1=C(CC2(C)C(c3ccc(C)c(C)c3)OC(c3ccc(O)c(OC)c3)C23CC3)C(c2ccc(O)c(CC)c2)OC1c1ccc(O)c(OC)c1. The van der Waals surface area contributed by atoms with E-state index in [1.807, 2.05) is 30.3 Å². The zero-order valence-electron chi connectivity index (χ0n) is 30.7. The highest BCUT2D eigenvalue weighted by Gasteiger charge is 2.70. The number of hydrogen-bond donors (Lipinski definition) is 3. The van der Waals surface area contributed by atoms with Crippen LogP contribution in [0.4, 0.5) is 0 Å². The molecule has 2 heterocycles. The van der Waals surface area contributed by atoms with Gasteiger partial charge < -0.3 is 34.3 Å². The number of methoxy groups -OCH3 is 2. The van der Waals surface area contributed by atoms with Gasteiger partial charge in [-0.2, -0.15) is 0 Å². The Labute approximate surface area is 301 Å². The molecule has 5 unspecified atom stereocenters. The van der Waals surface area contributed by atoms with Crippen molar-refractivity contribution in [3.63, 3.8) is 0 Å². The van der Waals surface area contributed by atoms with Crippen molar-refractivity contribution in [3.05, 3.63) is 123 Å². The van der Waals surface area contributed by atoms with E-state index < -0.39 is 0 Å².